The summed E-state index contributed by atoms with van der Waals surface area (Å²) in [6.07, 6.45) is 1.59. The van der Waals surface area contributed by atoms with Gasteiger partial charge in [0.25, 0.3) is 5.91 Å². The fourth-order valence-corrected chi connectivity index (χ4v) is 4.66. The first-order valence-electron chi connectivity index (χ1n) is 9.66. The van der Waals surface area contributed by atoms with Crippen LogP contribution in [0.25, 0.3) is 21.5 Å². The van der Waals surface area contributed by atoms with E-state index in [4.69, 9.17) is 11.6 Å². The van der Waals surface area contributed by atoms with Crippen LogP contribution in [-0.2, 0) is 0 Å². The number of amides is 1. The van der Waals surface area contributed by atoms with Gasteiger partial charge in [-0.25, -0.2) is 9.97 Å². The van der Waals surface area contributed by atoms with Gasteiger partial charge in [0.2, 0.25) is 0 Å². The number of rotatable bonds is 3. The molecule has 0 atom stereocenters. The molecule has 1 amide bonds. The number of hydrogen-bond acceptors (Lipinski definition) is 6. The molecule has 2 aromatic heterocycles. The minimum absolute atomic E-state index is 0.0749. The highest BCUT2D eigenvalue weighted by Crippen LogP contribution is 2.34. The van der Waals surface area contributed by atoms with Crippen LogP contribution in [0.2, 0.25) is 5.02 Å². The van der Waals surface area contributed by atoms with Crippen LogP contribution in [0.15, 0.2) is 60.9 Å². The maximum absolute atomic E-state index is 12.7. The predicted octanol–water partition coefficient (Wildman–Crippen LogP) is 4.37. The minimum Gasteiger partial charge on any atom is -0.352 e. The van der Waals surface area contributed by atoms with Gasteiger partial charge in [0, 0.05) is 42.3 Å². The van der Waals surface area contributed by atoms with Gasteiger partial charge in [0.15, 0.2) is 5.82 Å². The van der Waals surface area contributed by atoms with Gasteiger partial charge in [0.05, 0.1) is 0 Å². The number of anilines is 1. The van der Waals surface area contributed by atoms with Crippen LogP contribution in [-0.4, -0.2) is 51.3 Å². The number of carbonyl (C=O) groups is 1. The van der Waals surface area contributed by atoms with Crippen molar-refractivity contribution in [1.29, 1.82) is 0 Å². The van der Waals surface area contributed by atoms with Crippen LogP contribution in [0, 0.1) is 0 Å². The van der Waals surface area contributed by atoms with Crippen LogP contribution in [0.4, 0.5) is 5.82 Å². The summed E-state index contributed by atoms with van der Waals surface area (Å²) < 4.78 is 5.60. The zero-order valence-corrected chi connectivity index (χ0v) is 17.6. The normalized spacial score (nSPS) is 14.3. The van der Waals surface area contributed by atoms with Gasteiger partial charge >= 0.3 is 0 Å². The average Bonchev–Trinajstić information content (AvgIpc) is 3.24. The highest BCUT2D eigenvalue weighted by atomic mass is 35.5. The lowest BCUT2D eigenvalue weighted by Crippen LogP contribution is -2.49. The van der Waals surface area contributed by atoms with Crippen molar-refractivity contribution in [2.45, 2.75) is 0 Å². The first-order valence-corrected chi connectivity index (χ1v) is 10.8. The molecule has 0 saturated carbocycles. The Morgan fingerprint density at radius 3 is 2.40 bits per heavy atom. The molecule has 0 spiro atoms. The van der Waals surface area contributed by atoms with E-state index in [1.165, 1.54) is 11.5 Å². The molecule has 0 bridgehead atoms. The van der Waals surface area contributed by atoms with Crippen molar-refractivity contribution in [1.82, 2.24) is 19.2 Å². The molecular formula is C22H18ClN5OS. The van der Waals surface area contributed by atoms with E-state index in [1.807, 2.05) is 59.5 Å². The number of halogens is 1. The molecule has 0 N–H and O–H groups in total. The topological polar surface area (TPSA) is 62.2 Å². The van der Waals surface area contributed by atoms with E-state index in [2.05, 4.69) is 19.2 Å². The van der Waals surface area contributed by atoms with Gasteiger partial charge in [-0.15, -0.1) is 0 Å². The van der Waals surface area contributed by atoms with Crippen molar-refractivity contribution in [3.05, 3.63) is 71.5 Å². The summed E-state index contributed by atoms with van der Waals surface area (Å²) in [6.45, 7) is 2.75. The van der Waals surface area contributed by atoms with Crippen molar-refractivity contribution >= 4 is 45.1 Å². The molecule has 2 aromatic carbocycles. The molecular weight excluding hydrogens is 418 g/mol. The van der Waals surface area contributed by atoms with E-state index < -0.39 is 0 Å². The summed E-state index contributed by atoms with van der Waals surface area (Å²) >= 11 is 7.42. The number of piperazine rings is 1. The number of nitrogens with zero attached hydrogens (tertiary/aromatic N) is 5. The van der Waals surface area contributed by atoms with E-state index in [9.17, 15) is 4.79 Å². The van der Waals surface area contributed by atoms with Crippen molar-refractivity contribution < 1.29 is 4.79 Å². The van der Waals surface area contributed by atoms with Crippen LogP contribution < -0.4 is 4.90 Å². The minimum atomic E-state index is 0.0749. The Morgan fingerprint density at radius 1 is 0.933 bits per heavy atom. The zero-order chi connectivity index (χ0) is 20.5. The maximum atomic E-state index is 12.7. The molecule has 1 fully saturated rings. The summed E-state index contributed by atoms with van der Waals surface area (Å²) in [4.78, 5) is 25.8. The number of aromatic nitrogens is 3. The van der Waals surface area contributed by atoms with E-state index in [0.717, 1.165) is 45.9 Å². The van der Waals surface area contributed by atoms with Crippen molar-refractivity contribution in [3.8, 4) is 11.3 Å². The van der Waals surface area contributed by atoms with Gasteiger partial charge in [-0.3, -0.25) is 4.79 Å². The number of hydrogen-bond donors (Lipinski definition) is 0. The standard InChI is InChI=1S/C22H18ClN5OS/c23-17-8-6-15(7-9-17)18-19-20(30-26-18)21(25-14-24-19)27-10-12-28(13-11-27)22(29)16-4-2-1-3-5-16/h1-9,14H,10-13H2. The monoisotopic (exact) mass is 435 g/mol. The van der Waals surface area contributed by atoms with Crippen LogP contribution >= 0.6 is 23.1 Å². The van der Waals surface area contributed by atoms with Gasteiger partial charge in [-0.1, -0.05) is 41.9 Å². The fraction of sp³-hybridized carbons (Fsp3) is 0.182. The Bertz CT molecular complexity index is 1190. The number of fused-ring (bicyclic) bond motifs is 1. The third-order valence-electron chi connectivity index (χ3n) is 5.24. The van der Waals surface area contributed by atoms with E-state index in [1.54, 1.807) is 6.33 Å². The number of carbonyl (C=O) groups excluding carboxylic acids is 1. The average molecular weight is 436 g/mol. The summed E-state index contributed by atoms with van der Waals surface area (Å²) in [6, 6.07) is 17.0. The molecule has 8 heteroatoms. The Kier molecular flexibility index (Phi) is 5.06. The summed E-state index contributed by atoms with van der Waals surface area (Å²) in [5, 5.41) is 0.691. The molecule has 30 heavy (non-hydrogen) atoms. The molecule has 0 radical (unpaired) electrons. The van der Waals surface area contributed by atoms with E-state index in [-0.39, 0.29) is 5.91 Å². The third kappa shape index (κ3) is 3.51. The summed E-state index contributed by atoms with van der Waals surface area (Å²) in [5.41, 5.74) is 3.39. The quantitative estimate of drug-likeness (QED) is 0.478. The zero-order valence-electron chi connectivity index (χ0n) is 16.0. The molecule has 6 nitrogen and oxygen atoms in total. The molecule has 150 valence electrons. The second kappa shape index (κ2) is 8.01. The highest BCUT2D eigenvalue weighted by Gasteiger charge is 2.25. The highest BCUT2D eigenvalue weighted by molar-refractivity contribution is 7.14. The Hall–Kier alpha value is -3.03. The second-order valence-corrected chi connectivity index (χ2v) is 8.27. The van der Waals surface area contributed by atoms with Crippen molar-refractivity contribution in [2.24, 2.45) is 0 Å². The first kappa shape index (κ1) is 19.0. The second-order valence-electron chi connectivity index (χ2n) is 7.06. The van der Waals surface area contributed by atoms with Crippen LogP contribution in [0.5, 0.6) is 0 Å². The van der Waals surface area contributed by atoms with Crippen molar-refractivity contribution in [3.63, 3.8) is 0 Å². The predicted molar refractivity (Wildman–Crippen MR) is 120 cm³/mol. The van der Waals surface area contributed by atoms with E-state index >= 15 is 0 Å². The van der Waals surface area contributed by atoms with Gasteiger partial charge in [-0.2, -0.15) is 4.37 Å². The smallest absolute Gasteiger partial charge is 0.253 e. The number of benzene rings is 2. The van der Waals surface area contributed by atoms with Gasteiger partial charge in [0.1, 0.15) is 22.2 Å². The van der Waals surface area contributed by atoms with Crippen molar-refractivity contribution in [2.75, 3.05) is 31.1 Å². The largest absolute Gasteiger partial charge is 0.352 e. The lowest BCUT2D eigenvalue weighted by Gasteiger charge is -2.35. The molecule has 5 rings (SSSR count). The molecule has 0 aliphatic carbocycles. The fourth-order valence-electron chi connectivity index (χ4n) is 3.66. The molecule has 1 aliphatic heterocycles. The Labute approximate surface area is 182 Å². The van der Waals surface area contributed by atoms with Crippen LogP contribution in [0.3, 0.4) is 0 Å². The molecule has 0 unspecified atom stereocenters. The molecule has 4 aromatic rings. The Balaban J connectivity index is 1.37. The first-order chi connectivity index (χ1) is 14.7. The maximum Gasteiger partial charge on any atom is 0.253 e. The van der Waals surface area contributed by atoms with Gasteiger partial charge in [-0.05, 0) is 35.8 Å². The van der Waals surface area contributed by atoms with Gasteiger partial charge < -0.3 is 9.80 Å². The van der Waals surface area contributed by atoms with Crippen LogP contribution in [0.1, 0.15) is 10.4 Å². The summed E-state index contributed by atoms with van der Waals surface area (Å²) in [7, 11) is 0. The lowest BCUT2D eigenvalue weighted by atomic mass is 10.1. The molecule has 1 aliphatic rings. The lowest BCUT2D eigenvalue weighted by molar-refractivity contribution is 0.0746. The summed E-state index contributed by atoms with van der Waals surface area (Å²) in [5.74, 6) is 0.954. The molecule has 1 saturated heterocycles. The third-order valence-corrected chi connectivity index (χ3v) is 6.33. The SMILES string of the molecule is O=C(c1ccccc1)N1CCN(c2ncnc3c(-c4ccc(Cl)cc4)nsc23)CC1. The Morgan fingerprint density at radius 2 is 1.67 bits per heavy atom. The van der Waals surface area contributed by atoms with E-state index in [0.29, 0.717) is 18.1 Å². The molecule has 3 heterocycles.